The number of thiol groups is 1. The van der Waals surface area contributed by atoms with Crippen molar-refractivity contribution in [2.75, 3.05) is 7.11 Å². The predicted octanol–water partition coefficient (Wildman–Crippen LogP) is 2.24. The second-order valence-electron chi connectivity index (χ2n) is 2.51. The minimum absolute atomic E-state index is 0.0173. The summed E-state index contributed by atoms with van der Waals surface area (Å²) < 4.78 is 5.08. The van der Waals surface area contributed by atoms with Crippen molar-refractivity contribution in [3.8, 4) is 5.75 Å². The summed E-state index contributed by atoms with van der Waals surface area (Å²) in [5.74, 6) is 0.679. The van der Waals surface area contributed by atoms with Crippen LogP contribution in [-0.4, -0.2) is 17.4 Å². The average Bonchev–Trinajstić information content (AvgIpc) is 2.18. The highest BCUT2D eigenvalue weighted by molar-refractivity contribution is 8.11. The lowest BCUT2D eigenvalue weighted by Crippen LogP contribution is -1.81. The fraction of sp³-hybridized carbons (Fsp3) is 0.200. The maximum atomic E-state index is 10.6. The lowest BCUT2D eigenvalue weighted by molar-refractivity contribution is -0.109. The predicted molar refractivity (Wildman–Crippen MR) is 59.8 cm³/mol. The standard InChI is InChI=1S/C10H11NO2S/c1-8(12)14-7-11-9-5-3-4-6-10(9)13-2/h3-6,14H,1-2H3. The number of rotatable bonds is 2. The van der Waals surface area contributed by atoms with Gasteiger partial charge in [0.05, 0.1) is 7.11 Å². The summed E-state index contributed by atoms with van der Waals surface area (Å²) in [5.41, 5.74) is 0.684. The lowest BCUT2D eigenvalue weighted by atomic mass is 10.3. The first-order valence-corrected chi connectivity index (χ1v) is 4.93. The van der Waals surface area contributed by atoms with Gasteiger partial charge >= 0.3 is 0 Å². The molecule has 0 bridgehead atoms. The molecule has 1 aromatic carbocycles. The Bertz CT molecular complexity index is 395. The number of para-hydroxylation sites is 2. The zero-order valence-corrected chi connectivity index (χ0v) is 8.91. The van der Waals surface area contributed by atoms with Gasteiger partial charge in [0.1, 0.15) is 11.4 Å². The quantitative estimate of drug-likeness (QED) is 0.461. The second-order valence-corrected chi connectivity index (χ2v) is 3.57. The van der Waals surface area contributed by atoms with E-state index >= 15 is 0 Å². The topological polar surface area (TPSA) is 38.7 Å². The first-order valence-electron chi connectivity index (χ1n) is 4.04. The summed E-state index contributed by atoms with van der Waals surface area (Å²) >= 11 is 0.468. The largest absolute Gasteiger partial charge is 0.494 e. The number of ether oxygens (including phenoxy) is 1. The Labute approximate surface area is 86.4 Å². The molecule has 4 heteroatoms. The summed E-state index contributed by atoms with van der Waals surface area (Å²) in [4.78, 5) is 14.6. The number of carbonyl (C=O) groups is 1. The van der Waals surface area contributed by atoms with E-state index in [0.717, 1.165) is 0 Å². The molecule has 0 fully saturated rings. The highest BCUT2D eigenvalue weighted by Gasteiger charge is 1.96. The van der Waals surface area contributed by atoms with E-state index in [2.05, 4.69) is 10.2 Å². The molecule has 1 aromatic rings. The van der Waals surface area contributed by atoms with Gasteiger partial charge in [-0.05, 0) is 12.1 Å². The maximum absolute atomic E-state index is 10.6. The summed E-state index contributed by atoms with van der Waals surface area (Å²) in [6, 6.07) is 7.33. The van der Waals surface area contributed by atoms with Gasteiger partial charge in [0, 0.05) is 12.1 Å². The van der Waals surface area contributed by atoms with E-state index in [1.807, 2.05) is 24.3 Å². The highest BCUT2D eigenvalue weighted by atomic mass is 32.1. The van der Waals surface area contributed by atoms with Gasteiger partial charge < -0.3 is 4.74 Å². The Kier molecular flexibility index (Phi) is 4.11. The number of hydrogen-bond donors (Lipinski definition) is 1. The fourth-order valence-corrected chi connectivity index (χ4v) is 1.17. The number of carbonyl (C=O) groups excluding carboxylic acids is 1. The Morgan fingerprint density at radius 1 is 1.50 bits per heavy atom. The molecular formula is C10H11NO2S. The summed E-state index contributed by atoms with van der Waals surface area (Å²) in [6.07, 6.45) is 0. The Morgan fingerprint density at radius 2 is 2.21 bits per heavy atom. The minimum Gasteiger partial charge on any atom is -0.494 e. The van der Waals surface area contributed by atoms with Crippen LogP contribution in [0.4, 0.5) is 5.69 Å². The maximum Gasteiger partial charge on any atom is 0.185 e. The molecule has 0 radical (unpaired) electrons. The van der Waals surface area contributed by atoms with Crippen LogP contribution in [0.15, 0.2) is 29.3 Å². The number of aliphatic imine (C=N–C) groups is 1. The van der Waals surface area contributed by atoms with Crippen LogP contribution < -0.4 is 4.74 Å². The molecule has 0 aliphatic carbocycles. The second kappa shape index (κ2) is 5.37. The lowest BCUT2D eigenvalue weighted by Gasteiger charge is -2.00. The molecule has 0 aromatic heterocycles. The van der Waals surface area contributed by atoms with Crippen molar-refractivity contribution in [2.24, 2.45) is 4.99 Å². The zero-order chi connectivity index (χ0) is 10.4. The van der Waals surface area contributed by atoms with Crippen LogP contribution >= 0.6 is 11.4 Å². The van der Waals surface area contributed by atoms with Gasteiger partial charge in [-0.25, -0.2) is 0 Å². The van der Waals surface area contributed by atoms with E-state index in [1.165, 1.54) is 6.92 Å². The molecule has 0 aliphatic heterocycles. The van der Waals surface area contributed by atoms with Gasteiger partial charge in [-0.3, -0.25) is 4.79 Å². The van der Waals surface area contributed by atoms with Gasteiger partial charge in [-0.1, -0.05) is 23.5 Å². The van der Waals surface area contributed by atoms with Gasteiger partial charge in [0.2, 0.25) is 0 Å². The van der Waals surface area contributed by atoms with Crippen LogP contribution in [0.5, 0.6) is 5.75 Å². The number of nitrogens with zero attached hydrogens (tertiary/aromatic N) is 1. The van der Waals surface area contributed by atoms with Gasteiger partial charge in [-0.15, -0.1) is 0 Å². The van der Waals surface area contributed by atoms with Crippen LogP contribution in [0.3, 0.4) is 0 Å². The molecule has 0 heterocycles. The molecule has 0 amide bonds. The summed E-state index contributed by atoms with van der Waals surface area (Å²) in [6.45, 7) is 1.49. The van der Waals surface area contributed by atoms with Crippen molar-refractivity contribution in [1.82, 2.24) is 0 Å². The zero-order valence-electron chi connectivity index (χ0n) is 8.02. The van der Waals surface area contributed by atoms with Crippen molar-refractivity contribution in [1.29, 1.82) is 0 Å². The Balaban J connectivity index is 2.96. The molecule has 0 aliphatic rings. The first kappa shape index (κ1) is 10.7. The van der Waals surface area contributed by atoms with Crippen molar-refractivity contribution in [2.45, 2.75) is 6.92 Å². The molecule has 0 spiro atoms. The van der Waals surface area contributed by atoms with Crippen molar-refractivity contribution in [3.05, 3.63) is 24.3 Å². The van der Waals surface area contributed by atoms with Crippen LogP contribution in [-0.2, 0) is 4.79 Å². The third-order valence-corrected chi connectivity index (χ3v) is 1.98. The van der Waals surface area contributed by atoms with Crippen LogP contribution in [0, 0.1) is 0 Å². The van der Waals surface area contributed by atoms with Crippen molar-refractivity contribution < 1.29 is 9.53 Å². The summed E-state index contributed by atoms with van der Waals surface area (Å²) in [7, 11) is 1.58. The van der Waals surface area contributed by atoms with Gasteiger partial charge in [-0.2, -0.15) is 4.99 Å². The van der Waals surface area contributed by atoms with E-state index in [9.17, 15) is 4.79 Å². The number of isothiocyanates is 1. The fourth-order valence-electron chi connectivity index (χ4n) is 0.871. The molecule has 0 unspecified atom stereocenters. The number of methoxy groups -OCH3 is 1. The monoisotopic (exact) mass is 209 g/mol. The van der Waals surface area contributed by atoms with E-state index in [0.29, 0.717) is 22.8 Å². The van der Waals surface area contributed by atoms with Gasteiger partial charge in [0.15, 0.2) is 5.12 Å². The molecule has 3 nitrogen and oxygen atoms in total. The third kappa shape index (κ3) is 3.17. The number of hydrogen-bond acceptors (Lipinski definition) is 3. The summed E-state index contributed by atoms with van der Waals surface area (Å²) in [5, 5.41) is 2.66. The molecule has 0 N–H and O–H groups in total. The molecule has 74 valence electrons. The third-order valence-electron chi connectivity index (χ3n) is 1.46. The molecule has 0 saturated carbocycles. The molecule has 14 heavy (non-hydrogen) atoms. The highest BCUT2D eigenvalue weighted by Crippen LogP contribution is 2.25. The molecular weight excluding hydrogens is 198 g/mol. The normalized spacial score (nSPS) is 9.00. The SMILES string of the molecule is COc1ccccc1N=C=[SH]C(C)=O. The molecule has 0 atom stereocenters. The van der Waals surface area contributed by atoms with E-state index < -0.39 is 0 Å². The first-order chi connectivity index (χ1) is 6.74. The smallest absolute Gasteiger partial charge is 0.185 e. The average molecular weight is 209 g/mol. The molecule has 0 saturated heterocycles. The van der Waals surface area contributed by atoms with E-state index in [4.69, 9.17) is 4.74 Å². The van der Waals surface area contributed by atoms with Gasteiger partial charge in [0.25, 0.3) is 0 Å². The Morgan fingerprint density at radius 3 is 2.86 bits per heavy atom. The Hall–Kier alpha value is -1.38. The van der Waals surface area contributed by atoms with E-state index in [-0.39, 0.29) is 5.12 Å². The molecule has 1 rings (SSSR count). The van der Waals surface area contributed by atoms with E-state index in [1.54, 1.807) is 7.11 Å². The number of benzene rings is 1. The van der Waals surface area contributed by atoms with Crippen molar-refractivity contribution >= 4 is 27.3 Å². The van der Waals surface area contributed by atoms with Crippen LogP contribution in [0.2, 0.25) is 0 Å². The minimum atomic E-state index is 0.0173. The van der Waals surface area contributed by atoms with Crippen LogP contribution in [0.1, 0.15) is 6.92 Å². The van der Waals surface area contributed by atoms with Crippen molar-refractivity contribution in [3.63, 3.8) is 0 Å². The van der Waals surface area contributed by atoms with Crippen LogP contribution in [0.25, 0.3) is 0 Å².